The van der Waals surface area contributed by atoms with Crippen LogP contribution in [0.2, 0.25) is 0 Å². The molecule has 4 aromatic rings. The molecule has 44 heavy (non-hydrogen) atoms. The fourth-order valence-electron chi connectivity index (χ4n) is 4.91. The van der Waals surface area contributed by atoms with Crippen molar-refractivity contribution < 1.29 is 46.2 Å². The standard InChI is InChI=1S/C33H25F4NO6/c34-25-14-26(35)31(37)32(30(25)36)43-18-28(39)27(15-29(40)42-16-19-8-2-1-3-9-19)38-33(41)44-17-24-22-12-6-4-10-20(22)21-11-5-7-13-23(21)24/h1-14,24,27H,15-18H2,(H,38,41)/t27-/m0/s1. The number of benzene rings is 4. The van der Waals surface area contributed by atoms with Crippen LogP contribution in [0.25, 0.3) is 11.1 Å². The molecule has 0 bridgehead atoms. The average Bonchev–Trinajstić information content (AvgIpc) is 3.35. The summed E-state index contributed by atoms with van der Waals surface area (Å²) in [6.45, 7) is -1.37. The van der Waals surface area contributed by atoms with E-state index in [2.05, 4.69) is 5.32 Å². The van der Waals surface area contributed by atoms with E-state index in [1.807, 2.05) is 48.5 Å². The minimum Gasteiger partial charge on any atom is -0.479 e. The summed E-state index contributed by atoms with van der Waals surface area (Å²) in [6.07, 6.45) is -1.75. The molecular formula is C33H25F4NO6. The van der Waals surface area contributed by atoms with Gasteiger partial charge in [-0.2, -0.15) is 8.78 Å². The molecule has 0 heterocycles. The van der Waals surface area contributed by atoms with E-state index < -0.39 is 65.9 Å². The predicted molar refractivity (Wildman–Crippen MR) is 150 cm³/mol. The maximum absolute atomic E-state index is 14.1. The van der Waals surface area contributed by atoms with E-state index in [-0.39, 0.29) is 25.2 Å². The van der Waals surface area contributed by atoms with Gasteiger partial charge in [-0.15, -0.1) is 0 Å². The number of hydrogen-bond donors (Lipinski definition) is 1. The number of esters is 1. The zero-order chi connectivity index (χ0) is 31.2. The monoisotopic (exact) mass is 607 g/mol. The molecule has 0 aromatic heterocycles. The molecule has 0 radical (unpaired) electrons. The van der Waals surface area contributed by atoms with Gasteiger partial charge in [0.05, 0.1) is 6.42 Å². The Morgan fingerprint density at radius 1 is 0.750 bits per heavy atom. The van der Waals surface area contributed by atoms with E-state index in [0.29, 0.717) is 5.56 Å². The lowest BCUT2D eigenvalue weighted by Gasteiger charge is -2.19. The lowest BCUT2D eigenvalue weighted by atomic mass is 9.98. The van der Waals surface area contributed by atoms with E-state index in [4.69, 9.17) is 14.2 Å². The Labute approximate surface area is 249 Å². The highest BCUT2D eigenvalue weighted by molar-refractivity contribution is 5.92. The van der Waals surface area contributed by atoms with Gasteiger partial charge < -0.3 is 19.5 Å². The molecule has 7 nitrogen and oxygen atoms in total. The highest BCUT2D eigenvalue weighted by atomic mass is 19.2. The third kappa shape index (κ3) is 6.72. The quantitative estimate of drug-likeness (QED) is 0.124. The van der Waals surface area contributed by atoms with E-state index in [9.17, 15) is 31.9 Å². The molecular weight excluding hydrogens is 582 g/mol. The van der Waals surface area contributed by atoms with Gasteiger partial charge in [-0.25, -0.2) is 13.6 Å². The molecule has 11 heteroatoms. The second-order valence-corrected chi connectivity index (χ2v) is 9.93. The Bertz CT molecular complexity index is 1630. The van der Waals surface area contributed by atoms with Crippen molar-refractivity contribution >= 4 is 17.8 Å². The minimum atomic E-state index is -1.85. The summed E-state index contributed by atoms with van der Waals surface area (Å²) >= 11 is 0. The van der Waals surface area contributed by atoms with Crippen LogP contribution in [0.5, 0.6) is 5.75 Å². The van der Waals surface area contributed by atoms with Crippen LogP contribution in [0.1, 0.15) is 29.0 Å². The number of fused-ring (bicyclic) bond motifs is 3. The first-order valence-corrected chi connectivity index (χ1v) is 13.5. The Kier molecular flexibility index (Phi) is 9.23. The first-order valence-electron chi connectivity index (χ1n) is 13.5. The van der Waals surface area contributed by atoms with Crippen LogP contribution < -0.4 is 10.1 Å². The zero-order valence-electron chi connectivity index (χ0n) is 23.0. The van der Waals surface area contributed by atoms with Gasteiger partial charge in [-0.05, 0) is 27.8 Å². The molecule has 0 fully saturated rings. The fraction of sp³-hybridized carbons (Fsp3) is 0.182. The third-order valence-electron chi connectivity index (χ3n) is 7.07. The highest BCUT2D eigenvalue weighted by Gasteiger charge is 2.31. The van der Waals surface area contributed by atoms with Gasteiger partial charge in [-0.1, -0.05) is 78.9 Å². The largest absolute Gasteiger partial charge is 0.479 e. The molecule has 1 N–H and O–H groups in total. The molecule has 1 atom stereocenters. The van der Waals surface area contributed by atoms with E-state index in [1.165, 1.54) is 0 Å². The number of hydrogen-bond acceptors (Lipinski definition) is 6. The van der Waals surface area contributed by atoms with E-state index in [0.717, 1.165) is 22.3 Å². The zero-order valence-corrected chi connectivity index (χ0v) is 23.0. The van der Waals surface area contributed by atoms with Crippen molar-refractivity contribution in [3.8, 4) is 16.9 Å². The molecule has 0 saturated heterocycles. The second-order valence-electron chi connectivity index (χ2n) is 9.93. The number of rotatable bonds is 11. The molecule has 4 aromatic carbocycles. The normalized spacial score (nSPS) is 12.5. The topological polar surface area (TPSA) is 90.9 Å². The molecule has 0 spiro atoms. The van der Waals surface area contributed by atoms with Crippen molar-refractivity contribution in [1.82, 2.24) is 5.32 Å². The van der Waals surface area contributed by atoms with E-state index >= 15 is 0 Å². The van der Waals surface area contributed by atoms with Gasteiger partial charge in [0, 0.05) is 12.0 Å². The summed E-state index contributed by atoms with van der Waals surface area (Å²) in [5, 5.41) is 2.28. The third-order valence-corrected chi connectivity index (χ3v) is 7.07. The molecule has 1 amide bonds. The molecule has 1 aliphatic rings. The van der Waals surface area contributed by atoms with E-state index in [1.54, 1.807) is 30.3 Å². The number of halogens is 4. The minimum absolute atomic E-state index is 0.0103. The van der Waals surface area contributed by atoms with Crippen molar-refractivity contribution in [3.63, 3.8) is 0 Å². The van der Waals surface area contributed by atoms with Gasteiger partial charge >= 0.3 is 12.1 Å². The smallest absolute Gasteiger partial charge is 0.407 e. The summed E-state index contributed by atoms with van der Waals surface area (Å²) in [4.78, 5) is 38.5. The number of alkyl carbamates (subject to hydrolysis) is 1. The fourth-order valence-corrected chi connectivity index (χ4v) is 4.91. The number of carbonyl (C=O) groups excluding carboxylic acids is 3. The summed E-state index contributed by atoms with van der Waals surface area (Å²) < 4.78 is 70.7. The molecule has 5 rings (SSSR count). The average molecular weight is 608 g/mol. The van der Waals surface area contributed by atoms with Crippen molar-refractivity contribution in [2.75, 3.05) is 13.2 Å². The molecule has 1 aliphatic carbocycles. The maximum Gasteiger partial charge on any atom is 0.407 e. The van der Waals surface area contributed by atoms with Crippen molar-refractivity contribution in [3.05, 3.63) is 125 Å². The highest BCUT2D eigenvalue weighted by Crippen LogP contribution is 2.44. The van der Waals surface area contributed by atoms with Crippen LogP contribution in [0.4, 0.5) is 22.4 Å². The van der Waals surface area contributed by atoms with Crippen molar-refractivity contribution in [1.29, 1.82) is 0 Å². The van der Waals surface area contributed by atoms with Crippen LogP contribution in [-0.2, 0) is 25.7 Å². The Balaban J connectivity index is 1.27. The van der Waals surface area contributed by atoms with Crippen LogP contribution in [0.3, 0.4) is 0 Å². The second kappa shape index (κ2) is 13.4. The lowest BCUT2D eigenvalue weighted by molar-refractivity contribution is -0.147. The van der Waals surface area contributed by atoms with Gasteiger partial charge in [-0.3, -0.25) is 9.59 Å². The van der Waals surface area contributed by atoms with Gasteiger partial charge in [0.15, 0.2) is 23.2 Å². The molecule has 0 unspecified atom stereocenters. The number of Topliss-reactive ketones (excluding diaryl/α,β-unsaturated/α-hetero) is 1. The SMILES string of the molecule is O=C(C[C@H](NC(=O)OCC1c2ccccc2-c2ccccc21)C(=O)COc1c(F)c(F)cc(F)c1F)OCc1ccccc1. The Hall–Kier alpha value is -5.19. The number of carbonyl (C=O) groups is 3. The van der Waals surface area contributed by atoms with Gasteiger partial charge in [0.25, 0.3) is 0 Å². The summed E-state index contributed by atoms with van der Waals surface area (Å²) in [6, 6.07) is 22.3. The molecule has 226 valence electrons. The predicted octanol–water partition coefficient (Wildman–Crippen LogP) is 6.23. The van der Waals surface area contributed by atoms with Crippen LogP contribution >= 0.6 is 0 Å². The summed E-state index contributed by atoms with van der Waals surface area (Å²) in [5.74, 6) is -10.8. The number of nitrogens with one attached hydrogen (secondary N) is 1. The van der Waals surface area contributed by atoms with Gasteiger partial charge in [0.2, 0.25) is 11.6 Å². The lowest BCUT2D eigenvalue weighted by Crippen LogP contribution is -2.45. The molecule has 0 aliphatic heterocycles. The van der Waals surface area contributed by atoms with Crippen LogP contribution in [0.15, 0.2) is 84.9 Å². The van der Waals surface area contributed by atoms with Crippen LogP contribution in [0, 0.1) is 23.3 Å². The summed E-state index contributed by atoms with van der Waals surface area (Å²) in [7, 11) is 0. The number of ether oxygens (including phenoxy) is 3. The maximum atomic E-state index is 14.1. The van der Waals surface area contributed by atoms with Crippen LogP contribution in [-0.4, -0.2) is 37.1 Å². The van der Waals surface area contributed by atoms with Crippen molar-refractivity contribution in [2.45, 2.75) is 25.0 Å². The Morgan fingerprint density at radius 2 is 1.32 bits per heavy atom. The first kappa shape index (κ1) is 30.3. The van der Waals surface area contributed by atoms with Gasteiger partial charge in [0.1, 0.15) is 25.9 Å². The Morgan fingerprint density at radius 3 is 1.93 bits per heavy atom. The van der Waals surface area contributed by atoms with Crippen molar-refractivity contribution in [2.24, 2.45) is 0 Å². The number of amides is 1. The summed E-state index contributed by atoms with van der Waals surface area (Å²) in [5.41, 5.74) is 4.54. The number of ketones is 1. The molecule has 0 saturated carbocycles. The first-order chi connectivity index (χ1) is 21.2.